The Balaban J connectivity index is 0.000000440. The van der Waals surface area contributed by atoms with E-state index in [1.54, 1.807) is 7.11 Å². The molecule has 0 unspecified atom stereocenters. The average molecular weight is 469 g/mol. The number of nitrogens with zero attached hydrogens (tertiary/aromatic N) is 2. The fourth-order valence-corrected chi connectivity index (χ4v) is 3.82. The number of piperidine rings is 1. The second-order valence-corrected chi connectivity index (χ2v) is 7.85. The molecule has 0 radical (unpaired) electrons. The molecule has 2 N–H and O–H groups in total. The van der Waals surface area contributed by atoms with Crippen LogP contribution in [-0.2, 0) is 25.5 Å². The lowest BCUT2D eigenvalue weighted by molar-refractivity contribution is -0.134. The van der Waals surface area contributed by atoms with E-state index in [0.29, 0.717) is 12.2 Å². The van der Waals surface area contributed by atoms with Crippen molar-refractivity contribution >= 4 is 23.5 Å². The van der Waals surface area contributed by atoms with Crippen LogP contribution >= 0.6 is 0 Å². The zero-order chi connectivity index (χ0) is 24.8. The number of ether oxygens (including phenoxy) is 1. The molecule has 1 heterocycles. The van der Waals surface area contributed by atoms with E-state index in [4.69, 9.17) is 14.9 Å². The van der Waals surface area contributed by atoms with Crippen molar-refractivity contribution in [1.29, 1.82) is 0 Å². The van der Waals surface area contributed by atoms with Crippen LogP contribution in [0.3, 0.4) is 0 Å². The van der Waals surface area contributed by atoms with E-state index in [1.807, 2.05) is 35.2 Å². The quantitative estimate of drug-likeness (QED) is 0.545. The molecule has 1 fully saturated rings. The minimum absolute atomic E-state index is 0.0430. The van der Waals surface area contributed by atoms with Crippen molar-refractivity contribution in [3.63, 3.8) is 0 Å². The number of aliphatic carboxylic acids is 2. The monoisotopic (exact) mass is 468 g/mol. The summed E-state index contributed by atoms with van der Waals surface area (Å²) in [6.07, 6.45) is 4.19. The normalized spacial score (nSPS) is 14.3. The second kappa shape index (κ2) is 14.6. The number of carboxylic acids is 2. The zero-order valence-corrected chi connectivity index (χ0v) is 19.4. The third-order valence-corrected chi connectivity index (χ3v) is 5.42. The smallest absolute Gasteiger partial charge is 0.328 e. The molecule has 8 nitrogen and oxygen atoms in total. The predicted molar refractivity (Wildman–Crippen MR) is 130 cm³/mol. The van der Waals surface area contributed by atoms with Gasteiger partial charge in [0.05, 0.1) is 0 Å². The summed E-state index contributed by atoms with van der Waals surface area (Å²) in [5.41, 5.74) is 2.35. The number of benzene rings is 2. The summed E-state index contributed by atoms with van der Waals surface area (Å²) < 4.78 is 5.10. The van der Waals surface area contributed by atoms with Gasteiger partial charge in [0, 0.05) is 50.6 Å². The minimum Gasteiger partial charge on any atom is -0.478 e. The lowest BCUT2D eigenvalue weighted by atomic mass is 10.0. The number of carbonyl (C=O) groups is 3. The van der Waals surface area contributed by atoms with Gasteiger partial charge in [-0.05, 0) is 37.0 Å². The molecule has 0 atom stereocenters. The lowest BCUT2D eigenvalue weighted by Crippen LogP contribution is -2.49. The summed E-state index contributed by atoms with van der Waals surface area (Å²) in [7, 11) is 1.58. The Morgan fingerprint density at radius 3 is 1.97 bits per heavy atom. The first-order valence-electron chi connectivity index (χ1n) is 11.2. The Hall–Kier alpha value is -3.49. The van der Waals surface area contributed by atoms with Gasteiger partial charge in [-0.25, -0.2) is 9.59 Å². The number of anilines is 1. The van der Waals surface area contributed by atoms with Gasteiger partial charge in [0.15, 0.2) is 0 Å². The Morgan fingerprint density at radius 1 is 0.941 bits per heavy atom. The third-order valence-electron chi connectivity index (χ3n) is 5.42. The molecule has 1 aliphatic heterocycles. The summed E-state index contributed by atoms with van der Waals surface area (Å²) in [4.78, 5) is 36.2. The van der Waals surface area contributed by atoms with Crippen LogP contribution < -0.4 is 4.90 Å². The molecular weight excluding hydrogens is 436 g/mol. The third kappa shape index (κ3) is 9.56. The van der Waals surface area contributed by atoms with Gasteiger partial charge < -0.3 is 24.7 Å². The molecule has 3 rings (SSSR count). The highest BCUT2D eigenvalue weighted by molar-refractivity contribution is 5.94. The molecule has 0 bridgehead atoms. The maximum absolute atomic E-state index is 12.6. The Morgan fingerprint density at radius 2 is 1.47 bits per heavy atom. The van der Waals surface area contributed by atoms with Crippen LogP contribution in [0.4, 0.5) is 5.69 Å². The molecule has 1 saturated heterocycles. The number of para-hydroxylation sites is 1. The van der Waals surface area contributed by atoms with Crippen molar-refractivity contribution in [3.8, 4) is 0 Å². The van der Waals surface area contributed by atoms with Crippen molar-refractivity contribution in [2.24, 2.45) is 0 Å². The number of rotatable bonds is 9. The van der Waals surface area contributed by atoms with Crippen LogP contribution in [0.15, 0.2) is 72.8 Å². The molecule has 8 heteroatoms. The topological polar surface area (TPSA) is 107 Å². The molecule has 34 heavy (non-hydrogen) atoms. The highest BCUT2D eigenvalue weighted by atomic mass is 16.5. The van der Waals surface area contributed by atoms with Gasteiger partial charge in [0.1, 0.15) is 6.61 Å². The lowest BCUT2D eigenvalue weighted by Gasteiger charge is -2.38. The Labute approximate surface area is 200 Å². The number of methoxy groups -OCH3 is 1. The van der Waals surface area contributed by atoms with Gasteiger partial charge in [-0.3, -0.25) is 4.79 Å². The molecule has 2 aromatic carbocycles. The largest absolute Gasteiger partial charge is 0.478 e. The molecule has 0 aliphatic carbocycles. The standard InChI is InChI=1S/C22H28N2O2.C4H4O4/c1-26-18-22(25)24(20-10-6-3-7-11-20)21-13-16-23(17-14-21)15-12-19-8-4-2-5-9-19;5-3(6)1-2-4(7)8/h2-11,21H,12-18H2,1H3;1-2H,(H,5,6)(H,7,8)/b;2-1-. The molecule has 1 amide bonds. The fourth-order valence-electron chi connectivity index (χ4n) is 3.82. The molecular formula is C26H32N2O6. The van der Waals surface area contributed by atoms with Crippen molar-refractivity contribution in [2.45, 2.75) is 25.3 Å². The number of hydrogen-bond acceptors (Lipinski definition) is 5. The second-order valence-electron chi connectivity index (χ2n) is 7.85. The van der Waals surface area contributed by atoms with Crippen LogP contribution in [0.5, 0.6) is 0 Å². The summed E-state index contributed by atoms with van der Waals surface area (Å²) in [6.45, 7) is 3.26. The number of amides is 1. The maximum Gasteiger partial charge on any atom is 0.328 e. The first kappa shape index (κ1) is 26.8. The number of carboxylic acid groups (broad SMARTS) is 2. The first-order valence-corrected chi connectivity index (χ1v) is 11.2. The van der Waals surface area contributed by atoms with Crippen LogP contribution in [0.25, 0.3) is 0 Å². The summed E-state index contributed by atoms with van der Waals surface area (Å²) in [6, 6.07) is 20.8. The Kier molecular flexibility index (Phi) is 11.5. The van der Waals surface area contributed by atoms with Crippen molar-refractivity contribution in [1.82, 2.24) is 4.90 Å². The van der Waals surface area contributed by atoms with E-state index in [9.17, 15) is 14.4 Å². The van der Waals surface area contributed by atoms with E-state index in [1.165, 1.54) is 5.56 Å². The SMILES string of the molecule is COCC(=O)N(c1ccccc1)C1CCN(CCc2ccccc2)CC1.O=C(O)/C=C\C(=O)O. The van der Waals surface area contributed by atoms with Crippen LogP contribution in [0, 0.1) is 0 Å². The van der Waals surface area contributed by atoms with E-state index in [0.717, 1.165) is 44.6 Å². The van der Waals surface area contributed by atoms with Gasteiger partial charge in [0.25, 0.3) is 5.91 Å². The number of likely N-dealkylation sites (tertiary alicyclic amines) is 1. The van der Waals surface area contributed by atoms with Crippen molar-refractivity contribution < 1.29 is 29.3 Å². The van der Waals surface area contributed by atoms with Gasteiger partial charge >= 0.3 is 11.9 Å². The van der Waals surface area contributed by atoms with Gasteiger partial charge in [0.2, 0.25) is 0 Å². The fraction of sp³-hybridized carbons (Fsp3) is 0.346. The maximum atomic E-state index is 12.6. The van der Waals surface area contributed by atoms with Gasteiger partial charge in [-0.1, -0.05) is 48.5 Å². The molecule has 2 aromatic rings. The highest BCUT2D eigenvalue weighted by Gasteiger charge is 2.28. The molecule has 0 saturated carbocycles. The van der Waals surface area contributed by atoms with Gasteiger partial charge in [-0.2, -0.15) is 0 Å². The predicted octanol–water partition coefficient (Wildman–Crippen LogP) is 3.08. The van der Waals surface area contributed by atoms with E-state index in [-0.39, 0.29) is 18.6 Å². The molecule has 1 aliphatic rings. The summed E-state index contributed by atoms with van der Waals surface area (Å²) in [5.74, 6) is -2.47. The molecule has 0 spiro atoms. The number of carbonyl (C=O) groups excluding carboxylic acids is 1. The molecule has 182 valence electrons. The minimum atomic E-state index is -1.26. The van der Waals surface area contributed by atoms with Crippen LogP contribution in [0.2, 0.25) is 0 Å². The number of hydrogen-bond donors (Lipinski definition) is 2. The highest BCUT2D eigenvalue weighted by Crippen LogP contribution is 2.24. The van der Waals surface area contributed by atoms with E-state index >= 15 is 0 Å². The summed E-state index contributed by atoms with van der Waals surface area (Å²) in [5, 5.41) is 15.6. The zero-order valence-electron chi connectivity index (χ0n) is 19.4. The average Bonchev–Trinajstić information content (AvgIpc) is 2.84. The van der Waals surface area contributed by atoms with Crippen molar-refractivity contribution in [3.05, 3.63) is 78.4 Å². The van der Waals surface area contributed by atoms with Gasteiger partial charge in [-0.15, -0.1) is 0 Å². The van der Waals surface area contributed by atoms with E-state index in [2.05, 4.69) is 35.2 Å². The Bertz CT molecular complexity index is 909. The van der Waals surface area contributed by atoms with Crippen LogP contribution in [-0.4, -0.2) is 72.4 Å². The summed E-state index contributed by atoms with van der Waals surface area (Å²) >= 11 is 0. The van der Waals surface area contributed by atoms with E-state index < -0.39 is 11.9 Å². The first-order chi connectivity index (χ1) is 16.4. The molecule has 0 aromatic heterocycles. The van der Waals surface area contributed by atoms with Crippen molar-refractivity contribution in [2.75, 3.05) is 38.3 Å². The van der Waals surface area contributed by atoms with Crippen LogP contribution in [0.1, 0.15) is 18.4 Å².